The van der Waals surface area contributed by atoms with Crippen LogP contribution < -0.4 is 11.1 Å². The molecule has 0 bridgehead atoms. The zero-order valence-corrected chi connectivity index (χ0v) is 17.9. The number of aryl methyl sites for hydroxylation is 1. The summed E-state index contributed by atoms with van der Waals surface area (Å²) in [6.07, 6.45) is 0.448. The second-order valence-corrected chi connectivity index (χ2v) is 8.13. The molecule has 4 rings (SSSR count). The van der Waals surface area contributed by atoms with E-state index < -0.39 is 23.7 Å². The fourth-order valence-corrected chi connectivity index (χ4v) is 3.97. The van der Waals surface area contributed by atoms with Crippen molar-refractivity contribution >= 4 is 22.9 Å². The van der Waals surface area contributed by atoms with E-state index in [-0.39, 0.29) is 18.6 Å². The van der Waals surface area contributed by atoms with Crippen LogP contribution in [-0.4, -0.2) is 47.2 Å². The van der Waals surface area contributed by atoms with Crippen molar-refractivity contribution in [3.8, 4) is 11.1 Å². The van der Waals surface area contributed by atoms with E-state index in [2.05, 4.69) is 5.32 Å². The molecule has 1 aromatic heterocycles. The summed E-state index contributed by atoms with van der Waals surface area (Å²) in [6, 6.07) is 13.1. The van der Waals surface area contributed by atoms with Crippen molar-refractivity contribution in [2.24, 2.45) is 13.0 Å². The number of carbonyl (C=O) groups excluding carboxylic acids is 1. The Kier molecular flexibility index (Phi) is 6.53. The van der Waals surface area contributed by atoms with Crippen LogP contribution in [0.5, 0.6) is 0 Å². The molecule has 8 nitrogen and oxygen atoms in total. The van der Waals surface area contributed by atoms with Crippen LogP contribution in [0.4, 0.5) is 0 Å². The van der Waals surface area contributed by atoms with Gasteiger partial charge >= 0.3 is 11.7 Å². The first-order valence-electron chi connectivity index (χ1n) is 10.7. The highest BCUT2D eigenvalue weighted by atomic mass is 16.5. The number of carboxylic acid groups (broad SMARTS) is 1. The van der Waals surface area contributed by atoms with Gasteiger partial charge in [-0.3, -0.25) is 14.2 Å². The second-order valence-electron chi connectivity index (χ2n) is 8.13. The molecule has 0 saturated carbocycles. The highest BCUT2D eigenvalue weighted by Gasteiger charge is 2.27. The molecule has 2 atom stereocenters. The Morgan fingerprint density at radius 2 is 1.94 bits per heavy atom. The van der Waals surface area contributed by atoms with E-state index in [1.165, 1.54) is 4.57 Å². The topological polar surface area (TPSA) is 111 Å². The molecule has 32 heavy (non-hydrogen) atoms. The monoisotopic (exact) mass is 438 g/mol. The average molecular weight is 438 g/mol. The summed E-state index contributed by atoms with van der Waals surface area (Å²) >= 11 is 0. The Morgan fingerprint density at radius 3 is 2.69 bits per heavy atom. The van der Waals surface area contributed by atoms with Crippen LogP contribution in [0.15, 0.2) is 51.7 Å². The van der Waals surface area contributed by atoms with Gasteiger partial charge in [0.25, 0.3) is 0 Å². The molecule has 1 saturated heterocycles. The molecule has 168 valence electrons. The van der Waals surface area contributed by atoms with Gasteiger partial charge in [0.15, 0.2) is 11.4 Å². The van der Waals surface area contributed by atoms with Crippen molar-refractivity contribution < 1.29 is 23.8 Å². The van der Waals surface area contributed by atoms with E-state index in [9.17, 15) is 19.5 Å². The maximum absolute atomic E-state index is 12.6. The summed E-state index contributed by atoms with van der Waals surface area (Å²) in [6.45, 7) is 1.72. The highest BCUT2D eigenvalue weighted by Crippen LogP contribution is 2.25. The van der Waals surface area contributed by atoms with Gasteiger partial charge in [-0.15, -0.1) is 0 Å². The third-order valence-corrected chi connectivity index (χ3v) is 5.86. The lowest BCUT2D eigenvalue weighted by atomic mass is 9.92. The number of aromatic nitrogens is 1. The molecule has 0 radical (unpaired) electrons. The van der Waals surface area contributed by atoms with Gasteiger partial charge in [-0.05, 0) is 48.2 Å². The first kappa shape index (κ1) is 22.0. The van der Waals surface area contributed by atoms with Crippen LogP contribution in [0.2, 0.25) is 0 Å². The molecular formula is C24H26N2O6. The van der Waals surface area contributed by atoms with E-state index >= 15 is 0 Å². The number of nitrogens with one attached hydrogen (secondary N) is 1. The van der Waals surface area contributed by atoms with E-state index in [1.807, 2.05) is 36.4 Å². The van der Waals surface area contributed by atoms with Gasteiger partial charge in [-0.1, -0.05) is 30.3 Å². The number of aliphatic carboxylic acids is 1. The van der Waals surface area contributed by atoms with Crippen molar-refractivity contribution in [2.45, 2.75) is 25.4 Å². The number of nitrogens with zero attached hydrogens (tertiary/aromatic N) is 1. The van der Waals surface area contributed by atoms with Gasteiger partial charge in [-0.2, -0.15) is 0 Å². The van der Waals surface area contributed by atoms with E-state index in [0.717, 1.165) is 29.7 Å². The van der Waals surface area contributed by atoms with E-state index in [0.29, 0.717) is 24.3 Å². The second kappa shape index (κ2) is 9.50. The molecule has 2 N–H and O–H groups in total. The number of oxazole rings is 1. The number of hydrogen-bond donors (Lipinski definition) is 2. The van der Waals surface area contributed by atoms with E-state index in [1.54, 1.807) is 13.1 Å². The Morgan fingerprint density at radius 1 is 1.19 bits per heavy atom. The fraction of sp³-hybridized carbons (Fsp3) is 0.375. The zero-order chi connectivity index (χ0) is 22.7. The lowest BCUT2D eigenvalue weighted by Gasteiger charge is -2.17. The van der Waals surface area contributed by atoms with Gasteiger partial charge in [0.2, 0.25) is 0 Å². The van der Waals surface area contributed by atoms with Crippen molar-refractivity contribution in [2.75, 3.05) is 19.7 Å². The number of fused-ring (bicyclic) bond motifs is 1. The van der Waals surface area contributed by atoms with Crippen LogP contribution in [0.25, 0.3) is 22.2 Å². The number of carbonyl (C=O) groups is 2. The van der Waals surface area contributed by atoms with Crippen molar-refractivity contribution in [1.29, 1.82) is 0 Å². The predicted molar refractivity (Wildman–Crippen MR) is 119 cm³/mol. The van der Waals surface area contributed by atoms with Crippen LogP contribution in [0.1, 0.15) is 18.4 Å². The summed E-state index contributed by atoms with van der Waals surface area (Å²) < 4.78 is 12.2. The van der Waals surface area contributed by atoms with Crippen LogP contribution in [0.3, 0.4) is 0 Å². The van der Waals surface area contributed by atoms with Gasteiger partial charge in [0.1, 0.15) is 6.10 Å². The summed E-state index contributed by atoms with van der Waals surface area (Å²) in [5.74, 6) is -2.39. The SMILES string of the molecule is Cn1c(=O)oc2ccc(-c3ccc(C[C@H](CC(=O)C4CNCCCO4)C(=O)O)cc3)cc21. The highest BCUT2D eigenvalue weighted by molar-refractivity contribution is 5.87. The largest absolute Gasteiger partial charge is 0.481 e. The van der Waals surface area contributed by atoms with Crippen LogP contribution in [-0.2, 0) is 27.8 Å². The van der Waals surface area contributed by atoms with Crippen LogP contribution >= 0.6 is 0 Å². The minimum Gasteiger partial charge on any atom is -0.481 e. The summed E-state index contributed by atoms with van der Waals surface area (Å²) in [4.78, 5) is 36.1. The first-order chi connectivity index (χ1) is 15.4. The van der Waals surface area contributed by atoms with Gasteiger partial charge in [0, 0.05) is 26.6 Å². The lowest BCUT2D eigenvalue weighted by molar-refractivity contribution is -0.145. The van der Waals surface area contributed by atoms with Gasteiger partial charge in [0.05, 0.1) is 11.4 Å². The molecule has 0 spiro atoms. The number of ketones is 1. The molecule has 1 unspecified atom stereocenters. The fourth-order valence-electron chi connectivity index (χ4n) is 3.97. The number of Topliss-reactive ketones (excluding diaryl/α,β-unsaturated/α-hetero) is 1. The Labute approximate surface area is 184 Å². The zero-order valence-electron chi connectivity index (χ0n) is 17.9. The van der Waals surface area contributed by atoms with Crippen molar-refractivity contribution in [1.82, 2.24) is 9.88 Å². The van der Waals surface area contributed by atoms with Gasteiger partial charge < -0.3 is 19.6 Å². The normalized spacial score (nSPS) is 17.7. The maximum atomic E-state index is 12.6. The molecular weight excluding hydrogens is 412 g/mol. The quantitative estimate of drug-likeness (QED) is 0.583. The third-order valence-electron chi connectivity index (χ3n) is 5.86. The summed E-state index contributed by atoms with van der Waals surface area (Å²) in [7, 11) is 1.66. The Balaban J connectivity index is 1.46. The molecule has 1 fully saturated rings. The number of ether oxygens (including phenoxy) is 1. The lowest BCUT2D eigenvalue weighted by Crippen LogP contribution is -2.35. The number of rotatable bonds is 7. The Hall–Kier alpha value is -3.23. The molecule has 2 aromatic carbocycles. The first-order valence-corrected chi connectivity index (χ1v) is 10.7. The molecule has 1 aliphatic rings. The van der Waals surface area contributed by atoms with E-state index in [4.69, 9.17) is 9.15 Å². The molecule has 3 aromatic rings. The minimum absolute atomic E-state index is 0.0609. The standard InChI is InChI=1S/C24H26N2O6/c1-26-19-12-17(7-8-21(19)32-24(26)30)16-5-3-15(4-6-16)11-18(23(28)29)13-20(27)22-14-25-9-2-10-31-22/h3-8,12,18,22,25H,2,9-11,13-14H2,1H3,(H,28,29)/t18-,22?/m1/s1. The number of benzene rings is 2. The number of carboxylic acids is 1. The van der Waals surface area contributed by atoms with Crippen LogP contribution in [0, 0.1) is 5.92 Å². The summed E-state index contributed by atoms with van der Waals surface area (Å²) in [5, 5.41) is 12.8. The van der Waals surface area contributed by atoms with Gasteiger partial charge in [-0.25, -0.2) is 4.79 Å². The molecule has 2 heterocycles. The molecule has 0 aliphatic carbocycles. The predicted octanol–water partition coefficient (Wildman–Crippen LogP) is 2.38. The Bertz CT molecular complexity index is 1170. The molecule has 1 aliphatic heterocycles. The van der Waals surface area contributed by atoms with Crippen molar-refractivity contribution in [3.05, 3.63) is 58.6 Å². The maximum Gasteiger partial charge on any atom is 0.419 e. The molecule has 0 amide bonds. The minimum atomic E-state index is -0.990. The third kappa shape index (κ3) is 4.81. The average Bonchev–Trinajstić information content (AvgIpc) is 2.96. The summed E-state index contributed by atoms with van der Waals surface area (Å²) in [5.41, 5.74) is 3.93. The molecule has 8 heteroatoms. The van der Waals surface area contributed by atoms with Crippen molar-refractivity contribution in [3.63, 3.8) is 0 Å². The number of hydrogen-bond acceptors (Lipinski definition) is 6. The smallest absolute Gasteiger partial charge is 0.419 e.